The molecule has 92 valence electrons. The molecular weight excluding hydrogens is 234 g/mol. The molecule has 1 aromatic carbocycles. The van der Waals surface area contributed by atoms with Crippen molar-refractivity contribution in [2.45, 2.75) is 23.7 Å². The molecule has 1 saturated heterocycles. The van der Waals surface area contributed by atoms with Crippen molar-refractivity contribution in [1.29, 1.82) is 0 Å². The first-order valence-corrected chi connectivity index (χ1v) is 7.30. The van der Waals surface area contributed by atoms with Crippen molar-refractivity contribution in [1.82, 2.24) is 5.32 Å². The highest BCUT2D eigenvalue weighted by molar-refractivity contribution is 7.98. The summed E-state index contributed by atoms with van der Waals surface area (Å²) in [6.07, 6.45) is 4.54. The van der Waals surface area contributed by atoms with Crippen LogP contribution in [0.15, 0.2) is 17.0 Å². The number of benzene rings is 1. The summed E-state index contributed by atoms with van der Waals surface area (Å²) in [5, 5.41) is 3.41. The van der Waals surface area contributed by atoms with Gasteiger partial charge in [-0.1, -0.05) is 6.07 Å². The quantitative estimate of drug-likeness (QED) is 0.818. The van der Waals surface area contributed by atoms with Crippen molar-refractivity contribution < 1.29 is 9.47 Å². The van der Waals surface area contributed by atoms with Crippen molar-refractivity contribution in [2.24, 2.45) is 0 Å². The van der Waals surface area contributed by atoms with Gasteiger partial charge in [0, 0.05) is 0 Å². The molecular formula is C13H17NO2S. The average Bonchev–Trinajstić information content (AvgIpc) is 2.86. The molecule has 0 saturated carbocycles. The molecule has 2 heterocycles. The van der Waals surface area contributed by atoms with Crippen LogP contribution < -0.4 is 14.8 Å². The highest BCUT2D eigenvalue weighted by atomic mass is 32.2. The number of thioether (sulfide) groups is 1. The zero-order valence-corrected chi connectivity index (χ0v) is 10.8. The summed E-state index contributed by atoms with van der Waals surface area (Å²) in [4.78, 5) is 1.27. The summed E-state index contributed by atoms with van der Waals surface area (Å²) >= 11 is 1.77. The Morgan fingerprint density at radius 1 is 1.24 bits per heavy atom. The Balaban J connectivity index is 1.98. The van der Waals surface area contributed by atoms with Crippen LogP contribution >= 0.6 is 11.8 Å². The first-order chi connectivity index (χ1) is 8.40. The maximum atomic E-state index is 5.59. The zero-order valence-electron chi connectivity index (χ0n) is 9.99. The Morgan fingerprint density at radius 2 is 2.06 bits per heavy atom. The van der Waals surface area contributed by atoms with E-state index >= 15 is 0 Å². The van der Waals surface area contributed by atoms with Gasteiger partial charge in [0.1, 0.15) is 0 Å². The van der Waals surface area contributed by atoms with Crippen LogP contribution in [0.1, 0.15) is 24.3 Å². The molecule has 0 aromatic heterocycles. The van der Waals surface area contributed by atoms with Crippen LogP contribution in [0.5, 0.6) is 11.5 Å². The van der Waals surface area contributed by atoms with Gasteiger partial charge in [0.05, 0.1) is 4.90 Å². The lowest BCUT2D eigenvalue weighted by atomic mass is 9.90. The van der Waals surface area contributed by atoms with Gasteiger partial charge in [0.15, 0.2) is 11.5 Å². The normalized spacial score (nSPS) is 19.6. The molecule has 0 unspecified atom stereocenters. The number of rotatable bonds is 2. The van der Waals surface area contributed by atoms with Gasteiger partial charge in [-0.15, -0.1) is 11.8 Å². The fourth-order valence-electron chi connectivity index (χ4n) is 2.63. The molecule has 0 aliphatic carbocycles. The average molecular weight is 251 g/mol. The maximum absolute atomic E-state index is 5.59. The third-order valence-electron chi connectivity index (χ3n) is 3.51. The van der Waals surface area contributed by atoms with Crippen LogP contribution in [0.4, 0.5) is 0 Å². The molecule has 0 radical (unpaired) electrons. The van der Waals surface area contributed by atoms with E-state index in [9.17, 15) is 0 Å². The van der Waals surface area contributed by atoms with Gasteiger partial charge in [-0.3, -0.25) is 0 Å². The van der Waals surface area contributed by atoms with E-state index in [-0.39, 0.29) is 0 Å². The Bertz CT molecular complexity index is 416. The lowest BCUT2D eigenvalue weighted by Gasteiger charge is -2.25. The second-order valence-electron chi connectivity index (χ2n) is 4.45. The van der Waals surface area contributed by atoms with Gasteiger partial charge in [0.25, 0.3) is 0 Å². The third-order valence-corrected chi connectivity index (χ3v) is 4.34. The number of piperidine rings is 1. The molecule has 1 aromatic rings. The van der Waals surface area contributed by atoms with E-state index in [0.29, 0.717) is 12.7 Å². The highest BCUT2D eigenvalue weighted by Gasteiger charge is 2.25. The predicted molar refractivity (Wildman–Crippen MR) is 69.2 cm³/mol. The smallest absolute Gasteiger partial charge is 0.231 e. The monoisotopic (exact) mass is 251 g/mol. The number of hydrogen-bond acceptors (Lipinski definition) is 4. The highest BCUT2D eigenvalue weighted by Crippen LogP contribution is 2.45. The van der Waals surface area contributed by atoms with Gasteiger partial charge in [0.2, 0.25) is 6.79 Å². The lowest BCUT2D eigenvalue weighted by Crippen LogP contribution is -2.26. The zero-order chi connectivity index (χ0) is 11.7. The van der Waals surface area contributed by atoms with E-state index in [1.807, 2.05) is 0 Å². The van der Waals surface area contributed by atoms with E-state index < -0.39 is 0 Å². The molecule has 4 heteroatoms. The summed E-state index contributed by atoms with van der Waals surface area (Å²) in [6.45, 7) is 2.60. The van der Waals surface area contributed by atoms with Gasteiger partial charge in [-0.2, -0.15) is 0 Å². The van der Waals surface area contributed by atoms with Gasteiger partial charge in [-0.25, -0.2) is 0 Å². The Labute approximate surface area is 106 Å². The first kappa shape index (κ1) is 11.2. The summed E-state index contributed by atoms with van der Waals surface area (Å²) in [7, 11) is 0. The van der Waals surface area contributed by atoms with E-state index in [0.717, 1.165) is 24.6 Å². The van der Waals surface area contributed by atoms with Crippen LogP contribution in [-0.2, 0) is 0 Å². The number of ether oxygens (including phenoxy) is 2. The summed E-state index contributed by atoms with van der Waals surface area (Å²) in [5.41, 5.74) is 1.43. The molecule has 0 spiro atoms. The fraction of sp³-hybridized carbons (Fsp3) is 0.538. The van der Waals surface area contributed by atoms with Crippen LogP contribution in [0.3, 0.4) is 0 Å². The molecule has 17 heavy (non-hydrogen) atoms. The van der Waals surface area contributed by atoms with Crippen LogP contribution in [0, 0.1) is 0 Å². The minimum Gasteiger partial charge on any atom is -0.454 e. The second kappa shape index (κ2) is 4.78. The molecule has 3 rings (SSSR count). The fourth-order valence-corrected chi connectivity index (χ4v) is 3.44. The summed E-state index contributed by atoms with van der Waals surface area (Å²) < 4.78 is 11.0. The summed E-state index contributed by atoms with van der Waals surface area (Å²) in [5.74, 6) is 2.51. The van der Waals surface area contributed by atoms with Crippen molar-refractivity contribution in [3.63, 3.8) is 0 Å². The van der Waals surface area contributed by atoms with E-state index in [4.69, 9.17) is 9.47 Å². The number of nitrogens with one attached hydrogen (secondary N) is 1. The Morgan fingerprint density at radius 3 is 2.82 bits per heavy atom. The number of fused-ring (bicyclic) bond motifs is 1. The predicted octanol–water partition coefficient (Wildman–Crippen LogP) is 2.60. The molecule has 0 atom stereocenters. The molecule has 0 bridgehead atoms. The summed E-state index contributed by atoms with van der Waals surface area (Å²) in [6, 6.07) is 4.27. The molecule has 1 N–H and O–H groups in total. The minimum absolute atomic E-state index is 0.360. The van der Waals surface area contributed by atoms with Crippen molar-refractivity contribution >= 4 is 11.8 Å². The van der Waals surface area contributed by atoms with Crippen molar-refractivity contribution in [3.05, 3.63) is 17.7 Å². The molecule has 3 nitrogen and oxygen atoms in total. The van der Waals surface area contributed by atoms with E-state index in [2.05, 4.69) is 23.7 Å². The van der Waals surface area contributed by atoms with E-state index in [1.165, 1.54) is 23.3 Å². The second-order valence-corrected chi connectivity index (χ2v) is 5.26. The molecule has 2 aliphatic rings. The SMILES string of the molecule is CSc1c(C2CCNCC2)ccc2c1OCO2. The maximum Gasteiger partial charge on any atom is 0.231 e. The van der Waals surface area contributed by atoms with Gasteiger partial charge >= 0.3 is 0 Å². The largest absolute Gasteiger partial charge is 0.454 e. The van der Waals surface area contributed by atoms with E-state index in [1.54, 1.807) is 11.8 Å². The van der Waals surface area contributed by atoms with Crippen LogP contribution in [-0.4, -0.2) is 26.1 Å². The van der Waals surface area contributed by atoms with Crippen LogP contribution in [0.2, 0.25) is 0 Å². The van der Waals surface area contributed by atoms with Crippen molar-refractivity contribution in [3.8, 4) is 11.5 Å². The Hall–Kier alpha value is -0.870. The minimum atomic E-state index is 0.360. The van der Waals surface area contributed by atoms with Gasteiger partial charge in [-0.05, 0) is 49.7 Å². The molecule has 0 amide bonds. The van der Waals surface area contributed by atoms with Crippen LogP contribution in [0.25, 0.3) is 0 Å². The Kier molecular flexibility index (Phi) is 3.16. The van der Waals surface area contributed by atoms with Crippen molar-refractivity contribution in [2.75, 3.05) is 26.1 Å². The van der Waals surface area contributed by atoms with Gasteiger partial charge < -0.3 is 14.8 Å². The lowest BCUT2D eigenvalue weighted by molar-refractivity contribution is 0.172. The number of hydrogen-bond donors (Lipinski definition) is 1. The molecule has 2 aliphatic heterocycles. The third kappa shape index (κ3) is 2.00. The topological polar surface area (TPSA) is 30.5 Å². The molecule has 1 fully saturated rings. The standard InChI is InChI=1S/C13H17NO2S/c1-17-13-10(9-4-6-14-7-5-9)2-3-11-12(13)16-8-15-11/h2-3,9,14H,4-8H2,1H3. The first-order valence-electron chi connectivity index (χ1n) is 6.07.